The van der Waals surface area contributed by atoms with Crippen molar-refractivity contribution >= 4 is 15.7 Å². The van der Waals surface area contributed by atoms with Crippen LogP contribution >= 0.6 is 0 Å². The summed E-state index contributed by atoms with van der Waals surface area (Å²) in [4.78, 5) is -0.304. The zero-order valence-corrected chi connectivity index (χ0v) is 19.3. The minimum atomic E-state index is -6.09. The number of sulfonamides is 1. The summed E-state index contributed by atoms with van der Waals surface area (Å²) in [6, 6.07) is 15.7. The van der Waals surface area contributed by atoms with Crippen LogP contribution in [0.25, 0.3) is 0 Å². The second-order valence-corrected chi connectivity index (χ2v) is 9.69. The molecule has 190 valence electrons. The minimum Gasteiger partial charge on any atom is -0.369 e. The fraction of sp³-hybridized carbons (Fsp3) is 0.208. The fourth-order valence-corrected chi connectivity index (χ4v) is 4.96. The van der Waals surface area contributed by atoms with Gasteiger partial charge in [0, 0.05) is 5.56 Å². The topological polar surface area (TPSA) is 81.4 Å². The predicted octanol–water partition coefficient (Wildman–Crippen LogP) is 5.57. The largest absolute Gasteiger partial charge is 0.430 e. The van der Waals surface area contributed by atoms with Gasteiger partial charge in [0.25, 0.3) is 15.6 Å². The maximum atomic E-state index is 13.5. The zero-order chi connectivity index (χ0) is 26.9. The van der Waals surface area contributed by atoms with Gasteiger partial charge >= 0.3 is 12.4 Å². The first-order chi connectivity index (χ1) is 16.6. The number of anilines is 1. The molecule has 0 aliphatic carbocycles. The molecule has 0 atom stereocenters. The molecule has 0 saturated heterocycles. The molecule has 1 N–H and O–H groups in total. The highest BCUT2D eigenvalue weighted by atomic mass is 32.2. The number of aryl methyl sites for hydroxylation is 1. The smallest absolute Gasteiger partial charge is 0.369 e. The maximum Gasteiger partial charge on any atom is 0.430 e. The van der Waals surface area contributed by atoms with Crippen LogP contribution in [0.5, 0.6) is 0 Å². The third-order valence-corrected chi connectivity index (χ3v) is 7.29. The number of rotatable bonds is 6. The predicted molar refractivity (Wildman–Crippen MR) is 118 cm³/mol. The molecule has 0 aliphatic heterocycles. The lowest BCUT2D eigenvalue weighted by Crippen LogP contribution is -2.53. The first-order valence-corrected chi connectivity index (χ1v) is 11.6. The summed E-state index contributed by atoms with van der Waals surface area (Å²) in [7, 11) is -4.43. The molecule has 3 rings (SSSR count). The Morgan fingerprint density at radius 2 is 1.47 bits per heavy atom. The summed E-state index contributed by atoms with van der Waals surface area (Å²) in [6.45, 7) is 1.39. The van der Waals surface area contributed by atoms with Crippen molar-refractivity contribution in [1.29, 1.82) is 5.26 Å². The lowest BCUT2D eigenvalue weighted by atomic mass is 9.92. The van der Waals surface area contributed by atoms with E-state index in [0.29, 0.717) is 23.3 Å². The Balaban J connectivity index is 2.17. The van der Waals surface area contributed by atoms with E-state index in [1.807, 2.05) is 0 Å². The quantitative estimate of drug-likeness (QED) is 0.424. The third-order valence-electron chi connectivity index (χ3n) is 5.52. The molecular formula is C24H18F6N2O3S. The molecule has 0 bridgehead atoms. The summed E-state index contributed by atoms with van der Waals surface area (Å²) >= 11 is 0. The average molecular weight is 528 g/mol. The molecule has 0 heterocycles. The molecule has 0 saturated carbocycles. The summed E-state index contributed by atoms with van der Waals surface area (Å²) in [5.74, 6) is 0. The van der Waals surface area contributed by atoms with E-state index in [4.69, 9.17) is 5.26 Å². The number of benzene rings is 3. The first-order valence-electron chi connectivity index (χ1n) is 10.2. The van der Waals surface area contributed by atoms with E-state index in [0.717, 1.165) is 22.5 Å². The first kappa shape index (κ1) is 27.0. The molecule has 12 heteroatoms. The zero-order valence-electron chi connectivity index (χ0n) is 18.5. The number of aliphatic hydroxyl groups is 1. The number of halogens is 6. The van der Waals surface area contributed by atoms with Crippen molar-refractivity contribution in [2.75, 3.05) is 4.31 Å². The second kappa shape index (κ2) is 9.48. The minimum absolute atomic E-state index is 0.0303. The Kier molecular flexibility index (Phi) is 7.12. The highest BCUT2D eigenvalue weighted by Crippen LogP contribution is 2.50. The van der Waals surface area contributed by atoms with Crippen LogP contribution in [-0.2, 0) is 22.2 Å². The van der Waals surface area contributed by atoms with Gasteiger partial charge in [0.2, 0.25) is 0 Å². The van der Waals surface area contributed by atoms with Gasteiger partial charge in [-0.3, -0.25) is 4.31 Å². The molecule has 0 spiro atoms. The van der Waals surface area contributed by atoms with Crippen LogP contribution in [-0.4, -0.2) is 25.9 Å². The van der Waals surface area contributed by atoms with Crippen LogP contribution in [0.1, 0.15) is 22.3 Å². The Morgan fingerprint density at radius 3 is 2.00 bits per heavy atom. The van der Waals surface area contributed by atoms with Crippen molar-refractivity contribution in [3.63, 3.8) is 0 Å². The van der Waals surface area contributed by atoms with Gasteiger partial charge in [-0.25, -0.2) is 8.42 Å². The Hall–Kier alpha value is -3.56. The Morgan fingerprint density at radius 1 is 0.889 bits per heavy atom. The van der Waals surface area contributed by atoms with Crippen LogP contribution < -0.4 is 4.31 Å². The van der Waals surface area contributed by atoms with E-state index in [1.165, 1.54) is 18.2 Å². The third kappa shape index (κ3) is 4.89. The number of alkyl halides is 6. The molecule has 0 aromatic heterocycles. The molecule has 0 radical (unpaired) electrons. The van der Waals surface area contributed by atoms with Crippen molar-refractivity contribution in [2.45, 2.75) is 36.3 Å². The molecule has 0 amide bonds. The molecule has 3 aromatic rings. The SMILES string of the molecule is Cc1ccccc1CN(c1ccc(C(O)(C(F)(F)F)C(F)(F)F)cc1)S(=O)(=O)c1cccc(C#N)c1. The van der Waals surface area contributed by atoms with E-state index in [-0.39, 0.29) is 22.7 Å². The highest BCUT2D eigenvalue weighted by Gasteiger charge is 2.71. The summed E-state index contributed by atoms with van der Waals surface area (Å²) in [6.07, 6.45) is -12.2. The van der Waals surface area contributed by atoms with Gasteiger partial charge in [0.1, 0.15) is 0 Å². The molecule has 0 unspecified atom stereocenters. The molecular weight excluding hydrogens is 510 g/mol. The lowest BCUT2D eigenvalue weighted by molar-refractivity contribution is -0.376. The van der Waals surface area contributed by atoms with E-state index in [9.17, 15) is 39.9 Å². The van der Waals surface area contributed by atoms with Crippen molar-refractivity contribution in [3.8, 4) is 6.07 Å². The number of hydrogen-bond acceptors (Lipinski definition) is 4. The van der Waals surface area contributed by atoms with E-state index in [1.54, 1.807) is 37.3 Å². The van der Waals surface area contributed by atoms with Crippen LogP contribution in [0.3, 0.4) is 0 Å². The molecule has 36 heavy (non-hydrogen) atoms. The lowest BCUT2D eigenvalue weighted by Gasteiger charge is -2.33. The van der Waals surface area contributed by atoms with Gasteiger partial charge in [0.05, 0.1) is 28.8 Å². The molecule has 5 nitrogen and oxygen atoms in total. The van der Waals surface area contributed by atoms with Gasteiger partial charge in [-0.1, -0.05) is 42.5 Å². The van der Waals surface area contributed by atoms with Gasteiger partial charge in [0.15, 0.2) is 0 Å². The van der Waals surface area contributed by atoms with Crippen LogP contribution in [0.4, 0.5) is 32.0 Å². The van der Waals surface area contributed by atoms with E-state index < -0.39 is 33.5 Å². The molecule has 0 fully saturated rings. The molecule has 0 aliphatic rings. The Labute approximate surface area is 202 Å². The van der Waals surface area contributed by atoms with Gasteiger partial charge in [-0.05, 0) is 48.4 Å². The monoisotopic (exact) mass is 528 g/mol. The molecule has 3 aromatic carbocycles. The van der Waals surface area contributed by atoms with Crippen LogP contribution in [0.2, 0.25) is 0 Å². The normalized spacial score (nSPS) is 12.8. The summed E-state index contributed by atoms with van der Waals surface area (Å²) in [5, 5.41) is 18.8. The van der Waals surface area contributed by atoms with E-state index >= 15 is 0 Å². The standard InChI is InChI=1S/C24H18F6N2O3S/c1-16-5-2-3-7-18(16)15-32(36(34,35)21-8-4-6-17(13-21)14-31)20-11-9-19(10-12-20)22(33,23(25,26)27)24(28,29)30/h2-13,33H,15H2,1H3. The van der Waals surface area contributed by atoms with Crippen LogP contribution in [0.15, 0.2) is 77.7 Å². The maximum absolute atomic E-state index is 13.5. The van der Waals surface area contributed by atoms with Crippen molar-refractivity contribution < 1.29 is 39.9 Å². The van der Waals surface area contributed by atoms with Gasteiger partial charge < -0.3 is 5.11 Å². The summed E-state index contributed by atoms with van der Waals surface area (Å²) in [5.41, 5.74) is -5.70. The Bertz CT molecular complexity index is 1380. The number of nitriles is 1. The van der Waals surface area contributed by atoms with Crippen LogP contribution in [0, 0.1) is 18.3 Å². The van der Waals surface area contributed by atoms with Crippen molar-refractivity contribution in [2.24, 2.45) is 0 Å². The summed E-state index contributed by atoms with van der Waals surface area (Å²) < 4.78 is 107. The number of nitrogens with zero attached hydrogens (tertiary/aromatic N) is 2. The number of hydrogen-bond donors (Lipinski definition) is 1. The fourth-order valence-electron chi connectivity index (χ4n) is 3.47. The van der Waals surface area contributed by atoms with E-state index in [2.05, 4.69) is 0 Å². The second-order valence-electron chi connectivity index (χ2n) is 7.83. The van der Waals surface area contributed by atoms with Crippen molar-refractivity contribution in [1.82, 2.24) is 0 Å². The average Bonchev–Trinajstić information content (AvgIpc) is 2.81. The van der Waals surface area contributed by atoms with Crippen molar-refractivity contribution in [3.05, 3.63) is 95.1 Å². The van der Waals surface area contributed by atoms with Gasteiger partial charge in [-0.2, -0.15) is 31.6 Å². The highest BCUT2D eigenvalue weighted by molar-refractivity contribution is 7.92. The van der Waals surface area contributed by atoms with Gasteiger partial charge in [-0.15, -0.1) is 0 Å².